The molecule has 0 aromatic carbocycles. The highest BCUT2D eigenvalue weighted by molar-refractivity contribution is 7.13. The van der Waals surface area contributed by atoms with E-state index in [-0.39, 0.29) is 6.54 Å². The summed E-state index contributed by atoms with van der Waals surface area (Å²) in [7, 11) is 3.65. The van der Waals surface area contributed by atoms with Crippen molar-refractivity contribution in [3.05, 3.63) is 40.7 Å². The number of amides is 1. The summed E-state index contributed by atoms with van der Waals surface area (Å²) in [5.41, 5.74) is -1.11. The predicted octanol–water partition coefficient (Wildman–Crippen LogP) is 2.55. The molecule has 0 aliphatic heterocycles. The maximum atomic E-state index is 12.8. The van der Waals surface area contributed by atoms with Gasteiger partial charge in [-0.15, -0.1) is 11.3 Å². The highest BCUT2D eigenvalue weighted by Gasteiger charge is 2.36. The van der Waals surface area contributed by atoms with Gasteiger partial charge in [0.25, 0.3) is 5.91 Å². The molecule has 1 N–H and O–H groups in total. The van der Waals surface area contributed by atoms with E-state index in [1.54, 1.807) is 10.3 Å². The van der Waals surface area contributed by atoms with Crippen LogP contribution in [0.4, 0.5) is 18.3 Å². The fourth-order valence-corrected chi connectivity index (χ4v) is 2.42. The topological polar surface area (TPSA) is 58.1 Å². The van der Waals surface area contributed by atoms with Gasteiger partial charge in [0.2, 0.25) is 0 Å². The van der Waals surface area contributed by atoms with Gasteiger partial charge in [0.05, 0.1) is 17.8 Å². The van der Waals surface area contributed by atoms with Crippen LogP contribution in [0.1, 0.15) is 21.7 Å². The summed E-state index contributed by atoms with van der Waals surface area (Å²) in [5, 5.41) is 4.92. The standard InChI is InChI=1S/C13H13F3N4OS/c1-20(2)12-19-8(7-22-12)6-18-11(21)9-4-3-5-17-10(9)13(14,15)16/h3-5,7H,6H2,1-2H3,(H,18,21). The second-order valence-electron chi connectivity index (χ2n) is 4.60. The van der Waals surface area contributed by atoms with Gasteiger partial charge in [-0.25, -0.2) is 4.98 Å². The first-order valence-corrected chi connectivity index (χ1v) is 7.09. The quantitative estimate of drug-likeness (QED) is 0.936. The lowest BCUT2D eigenvalue weighted by atomic mass is 10.1. The summed E-state index contributed by atoms with van der Waals surface area (Å²) in [6.45, 7) is 0.0510. The molecular formula is C13H13F3N4OS. The molecule has 0 saturated carbocycles. The van der Waals surface area contributed by atoms with Gasteiger partial charge in [-0.2, -0.15) is 13.2 Å². The van der Waals surface area contributed by atoms with Gasteiger partial charge in [0, 0.05) is 25.7 Å². The van der Waals surface area contributed by atoms with Crippen molar-refractivity contribution >= 4 is 22.4 Å². The summed E-state index contributed by atoms with van der Waals surface area (Å²) < 4.78 is 38.4. The smallest absolute Gasteiger partial charge is 0.354 e. The minimum Gasteiger partial charge on any atom is -0.354 e. The average molecular weight is 330 g/mol. The predicted molar refractivity (Wildman–Crippen MR) is 76.9 cm³/mol. The number of pyridine rings is 1. The van der Waals surface area contributed by atoms with Crippen LogP contribution < -0.4 is 10.2 Å². The van der Waals surface area contributed by atoms with Gasteiger partial charge in [-0.1, -0.05) is 0 Å². The molecule has 9 heteroatoms. The Kier molecular flexibility index (Phi) is 4.65. The zero-order valence-corrected chi connectivity index (χ0v) is 12.6. The first-order chi connectivity index (χ1) is 10.3. The normalized spacial score (nSPS) is 11.3. The third-order valence-corrected chi connectivity index (χ3v) is 3.73. The molecule has 0 aliphatic rings. The van der Waals surface area contributed by atoms with Crippen molar-refractivity contribution < 1.29 is 18.0 Å². The Morgan fingerprint density at radius 2 is 2.14 bits per heavy atom. The number of carbonyl (C=O) groups excluding carboxylic acids is 1. The average Bonchev–Trinajstić information content (AvgIpc) is 2.93. The van der Waals surface area contributed by atoms with Crippen LogP contribution in [0.2, 0.25) is 0 Å². The molecular weight excluding hydrogens is 317 g/mol. The zero-order valence-electron chi connectivity index (χ0n) is 11.8. The van der Waals surface area contributed by atoms with Crippen LogP contribution in [0.5, 0.6) is 0 Å². The van der Waals surface area contributed by atoms with Crippen LogP contribution in [0.15, 0.2) is 23.7 Å². The van der Waals surface area contributed by atoms with Crippen molar-refractivity contribution in [1.82, 2.24) is 15.3 Å². The number of nitrogens with one attached hydrogen (secondary N) is 1. The zero-order chi connectivity index (χ0) is 16.3. The van der Waals surface area contributed by atoms with E-state index in [9.17, 15) is 18.0 Å². The molecule has 0 aliphatic carbocycles. The Bertz CT molecular complexity index is 669. The van der Waals surface area contributed by atoms with Gasteiger partial charge in [0.15, 0.2) is 10.8 Å². The molecule has 2 aromatic heterocycles. The molecule has 0 saturated heterocycles. The molecule has 0 spiro atoms. The van der Waals surface area contributed by atoms with Gasteiger partial charge in [0.1, 0.15) is 0 Å². The Morgan fingerprint density at radius 3 is 2.73 bits per heavy atom. The summed E-state index contributed by atoms with van der Waals surface area (Å²) in [6.07, 6.45) is -3.67. The Morgan fingerprint density at radius 1 is 1.41 bits per heavy atom. The van der Waals surface area contributed by atoms with E-state index in [4.69, 9.17) is 0 Å². The number of alkyl halides is 3. The number of anilines is 1. The molecule has 118 valence electrons. The van der Waals surface area contributed by atoms with Crippen molar-refractivity contribution in [3.8, 4) is 0 Å². The summed E-state index contributed by atoms with van der Waals surface area (Å²) in [4.78, 5) is 21.2. The highest BCUT2D eigenvalue weighted by atomic mass is 32.1. The third kappa shape index (κ3) is 3.73. The Balaban J connectivity index is 2.10. The molecule has 2 rings (SSSR count). The lowest BCUT2D eigenvalue weighted by molar-refractivity contribution is -0.141. The molecule has 5 nitrogen and oxygen atoms in total. The van der Waals surface area contributed by atoms with E-state index in [0.717, 1.165) is 17.4 Å². The lowest BCUT2D eigenvalue weighted by Crippen LogP contribution is -2.26. The fourth-order valence-electron chi connectivity index (χ4n) is 1.66. The Labute approximate surface area is 128 Å². The maximum absolute atomic E-state index is 12.8. The van der Waals surface area contributed by atoms with Crippen LogP contribution in [-0.2, 0) is 12.7 Å². The summed E-state index contributed by atoms with van der Waals surface area (Å²) in [6, 6.07) is 2.38. The van der Waals surface area contributed by atoms with E-state index in [1.165, 1.54) is 17.4 Å². The van der Waals surface area contributed by atoms with Gasteiger partial charge < -0.3 is 10.2 Å². The fraction of sp³-hybridized carbons (Fsp3) is 0.308. The van der Waals surface area contributed by atoms with Crippen LogP contribution in [0, 0.1) is 0 Å². The molecule has 22 heavy (non-hydrogen) atoms. The number of hydrogen-bond donors (Lipinski definition) is 1. The molecule has 1 amide bonds. The Hall–Kier alpha value is -2.16. The van der Waals surface area contributed by atoms with Gasteiger partial charge >= 0.3 is 6.18 Å². The molecule has 0 radical (unpaired) electrons. The highest BCUT2D eigenvalue weighted by Crippen LogP contribution is 2.30. The second kappa shape index (κ2) is 6.30. The number of halogens is 3. The van der Waals surface area contributed by atoms with E-state index >= 15 is 0 Å². The minimum absolute atomic E-state index is 0.0510. The van der Waals surface area contributed by atoms with E-state index < -0.39 is 23.3 Å². The molecule has 0 fully saturated rings. The van der Waals surface area contributed by atoms with Crippen molar-refractivity contribution in [2.24, 2.45) is 0 Å². The van der Waals surface area contributed by atoms with Crippen molar-refractivity contribution in [1.29, 1.82) is 0 Å². The molecule has 0 bridgehead atoms. The number of hydrogen-bond acceptors (Lipinski definition) is 5. The summed E-state index contributed by atoms with van der Waals surface area (Å²) in [5.74, 6) is -0.833. The molecule has 0 atom stereocenters. The van der Waals surface area contributed by atoms with Gasteiger partial charge in [-0.05, 0) is 12.1 Å². The lowest BCUT2D eigenvalue weighted by Gasteiger charge is -2.11. The summed E-state index contributed by atoms with van der Waals surface area (Å²) >= 11 is 1.38. The largest absolute Gasteiger partial charge is 0.434 e. The number of rotatable bonds is 4. The number of thiazole rings is 1. The van der Waals surface area contributed by atoms with Crippen LogP contribution in [0.25, 0.3) is 0 Å². The van der Waals surface area contributed by atoms with Crippen molar-refractivity contribution in [2.75, 3.05) is 19.0 Å². The molecule has 0 unspecified atom stereocenters. The minimum atomic E-state index is -4.67. The van der Waals surface area contributed by atoms with E-state index in [0.29, 0.717) is 5.69 Å². The van der Waals surface area contributed by atoms with E-state index in [2.05, 4.69) is 15.3 Å². The van der Waals surface area contributed by atoms with Gasteiger partial charge in [-0.3, -0.25) is 9.78 Å². The van der Waals surface area contributed by atoms with E-state index in [1.807, 2.05) is 14.1 Å². The third-order valence-electron chi connectivity index (χ3n) is 2.67. The van der Waals surface area contributed by atoms with Crippen LogP contribution >= 0.6 is 11.3 Å². The number of carbonyl (C=O) groups is 1. The van der Waals surface area contributed by atoms with Crippen LogP contribution in [0.3, 0.4) is 0 Å². The monoisotopic (exact) mass is 330 g/mol. The second-order valence-corrected chi connectivity index (χ2v) is 5.43. The van der Waals surface area contributed by atoms with Crippen LogP contribution in [-0.4, -0.2) is 30.0 Å². The number of aromatic nitrogens is 2. The van der Waals surface area contributed by atoms with Crippen molar-refractivity contribution in [3.63, 3.8) is 0 Å². The first-order valence-electron chi connectivity index (χ1n) is 6.21. The number of nitrogens with zero attached hydrogens (tertiary/aromatic N) is 3. The van der Waals surface area contributed by atoms with Crippen molar-refractivity contribution in [2.45, 2.75) is 12.7 Å². The SMILES string of the molecule is CN(C)c1nc(CNC(=O)c2cccnc2C(F)(F)F)cs1. The molecule has 2 heterocycles. The maximum Gasteiger partial charge on any atom is 0.434 e. The first kappa shape index (κ1) is 16.2. The molecule has 2 aromatic rings.